The molecule has 158 valence electrons. The molecule has 1 amide bonds. The Bertz CT molecular complexity index is 495. The Labute approximate surface area is 163 Å². The Morgan fingerprint density at radius 3 is 2.26 bits per heavy atom. The summed E-state index contributed by atoms with van der Waals surface area (Å²) in [6.07, 6.45) is 1.47. The van der Waals surface area contributed by atoms with Crippen molar-refractivity contribution in [2.24, 2.45) is 23.5 Å². The maximum atomic E-state index is 12.4. The number of rotatable bonds is 11. The molecule has 2 bridgehead atoms. The number of ether oxygens (including phenoxy) is 2. The Kier molecular flexibility index (Phi) is 7.67. The molecule has 7 heteroatoms. The highest BCUT2D eigenvalue weighted by atomic mass is 16.5. The van der Waals surface area contributed by atoms with Crippen LogP contribution in [-0.2, 0) is 14.3 Å². The van der Waals surface area contributed by atoms with E-state index in [1.54, 1.807) is 0 Å². The zero-order valence-corrected chi connectivity index (χ0v) is 17.2. The molecular formula is C20H38N2O5. The predicted octanol–water partition coefficient (Wildman–Crippen LogP) is 0.810. The van der Waals surface area contributed by atoms with Gasteiger partial charge in [0.05, 0.1) is 36.6 Å². The molecule has 5 N–H and O–H groups in total. The van der Waals surface area contributed by atoms with Crippen LogP contribution in [0.15, 0.2) is 0 Å². The van der Waals surface area contributed by atoms with Gasteiger partial charge in [0.1, 0.15) is 0 Å². The minimum absolute atomic E-state index is 0.0134. The minimum Gasteiger partial charge on any atom is -0.390 e. The molecule has 2 saturated carbocycles. The van der Waals surface area contributed by atoms with Crippen LogP contribution in [0.3, 0.4) is 0 Å². The number of aliphatic hydroxyl groups excluding tert-OH is 2. The van der Waals surface area contributed by atoms with E-state index in [9.17, 15) is 15.0 Å². The topological polar surface area (TPSA) is 114 Å². The van der Waals surface area contributed by atoms with Crippen molar-refractivity contribution < 1.29 is 24.5 Å². The Morgan fingerprint density at radius 2 is 1.67 bits per heavy atom. The highest BCUT2D eigenvalue weighted by Crippen LogP contribution is 2.48. The van der Waals surface area contributed by atoms with E-state index in [0.717, 1.165) is 12.8 Å². The van der Waals surface area contributed by atoms with Gasteiger partial charge in [-0.3, -0.25) is 4.79 Å². The third-order valence-corrected chi connectivity index (χ3v) is 6.09. The lowest BCUT2D eigenvalue weighted by Crippen LogP contribution is -2.44. The lowest BCUT2D eigenvalue weighted by atomic mass is 9.84. The molecule has 2 rings (SSSR count). The molecule has 0 heterocycles. The second-order valence-corrected chi connectivity index (χ2v) is 9.28. The molecule has 0 aliphatic heterocycles. The number of carbonyl (C=O) groups is 1. The molecule has 0 radical (unpaired) electrons. The molecule has 0 aromatic carbocycles. The zero-order chi connectivity index (χ0) is 20.2. The number of hydrogen-bond acceptors (Lipinski definition) is 6. The van der Waals surface area contributed by atoms with Crippen molar-refractivity contribution in [2.45, 2.75) is 76.8 Å². The van der Waals surface area contributed by atoms with Crippen LogP contribution in [0.2, 0.25) is 0 Å². The fourth-order valence-corrected chi connectivity index (χ4v) is 4.27. The first-order valence-electron chi connectivity index (χ1n) is 10.2. The molecule has 27 heavy (non-hydrogen) atoms. The summed E-state index contributed by atoms with van der Waals surface area (Å²) in [4.78, 5) is 12.4. The average molecular weight is 387 g/mol. The summed E-state index contributed by atoms with van der Waals surface area (Å²) in [5.74, 6) is -0.242. The van der Waals surface area contributed by atoms with Crippen molar-refractivity contribution in [3.05, 3.63) is 0 Å². The van der Waals surface area contributed by atoms with Gasteiger partial charge in [-0.15, -0.1) is 0 Å². The van der Waals surface area contributed by atoms with E-state index >= 15 is 0 Å². The van der Waals surface area contributed by atoms with Crippen molar-refractivity contribution in [2.75, 3.05) is 26.3 Å². The molecule has 2 fully saturated rings. The van der Waals surface area contributed by atoms with Crippen molar-refractivity contribution in [3.8, 4) is 0 Å². The van der Waals surface area contributed by atoms with Gasteiger partial charge in [0.25, 0.3) is 0 Å². The van der Waals surface area contributed by atoms with Crippen LogP contribution in [0, 0.1) is 17.8 Å². The van der Waals surface area contributed by atoms with E-state index in [4.69, 9.17) is 15.2 Å². The fraction of sp³-hybridized carbons (Fsp3) is 0.950. The van der Waals surface area contributed by atoms with Crippen molar-refractivity contribution in [1.29, 1.82) is 0 Å². The second-order valence-electron chi connectivity index (χ2n) is 9.28. The van der Waals surface area contributed by atoms with Gasteiger partial charge in [-0.25, -0.2) is 0 Å². The smallest absolute Gasteiger partial charge is 0.223 e. The fourth-order valence-electron chi connectivity index (χ4n) is 4.27. The Morgan fingerprint density at radius 1 is 1.04 bits per heavy atom. The van der Waals surface area contributed by atoms with Crippen LogP contribution in [0.4, 0.5) is 0 Å². The standard InChI is InChI=1S/C20H38N2O5/c1-19(2,26-9-6-20(3,4)27-10-7-21)5-8-22-18(25)15-12-13-11-14(15)17(24)16(13)23/h13-17,23-24H,5-12,21H2,1-4H3,(H,22,25). The second kappa shape index (κ2) is 9.18. The average Bonchev–Trinajstić information content (AvgIpc) is 3.13. The monoisotopic (exact) mass is 386 g/mol. The normalized spacial score (nSPS) is 30.7. The number of nitrogens with one attached hydrogen (secondary N) is 1. The van der Waals surface area contributed by atoms with Crippen LogP contribution in [0.1, 0.15) is 53.4 Å². The molecule has 5 atom stereocenters. The van der Waals surface area contributed by atoms with E-state index < -0.39 is 12.2 Å². The molecule has 7 nitrogen and oxygen atoms in total. The Balaban J connectivity index is 1.66. The molecule has 0 aromatic rings. The minimum atomic E-state index is -0.760. The molecule has 2 aliphatic rings. The van der Waals surface area contributed by atoms with E-state index in [0.29, 0.717) is 39.1 Å². The molecule has 0 aromatic heterocycles. The third-order valence-electron chi connectivity index (χ3n) is 6.09. The Hall–Kier alpha value is -0.730. The highest BCUT2D eigenvalue weighted by Gasteiger charge is 2.53. The van der Waals surface area contributed by atoms with Crippen LogP contribution in [0.25, 0.3) is 0 Å². The number of amides is 1. The number of carbonyl (C=O) groups excluding carboxylic acids is 1. The van der Waals surface area contributed by atoms with Gasteiger partial charge in [0.2, 0.25) is 5.91 Å². The summed E-state index contributed by atoms with van der Waals surface area (Å²) in [7, 11) is 0. The van der Waals surface area contributed by atoms with Gasteiger partial charge in [0.15, 0.2) is 0 Å². The molecule has 2 aliphatic carbocycles. The summed E-state index contributed by atoms with van der Waals surface area (Å²) in [5, 5.41) is 22.8. The van der Waals surface area contributed by atoms with Gasteiger partial charge in [0, 0.05) is 19.0 Å². The molecule has 0 saturated heterocycles. The van der Waals surface area contributed by atoms with Crippen LogP contribution in [-0.4, -0.2) is 65.8 Å². The maximum absolute atomic E-state index is 12.4. The van der Waals surface area contributed by atoms with Crippen LogP contribution >= 0.6 is 0 Å². The van der Waals surface area contributed by atoms with Crippen molar-refractivity contribution in [1.82, 2.24) is 5.32 Å². The van der Waals surface area contributed by atoms with Gasteiger partial charge in [-0.1, -0.05) is 0 Å². The first-order valence-corrected chi connectivity index (χ1v) is 10.2. The van der Waals surface area contributed by atoms with Crippen LogP contribution < -0.4 is 11.1 Å². The zero-order valence-electron chi connectivity index (χ0n) is 17.2. The largest absolute Gasteiger partial charge is 0.390 e. The number of fused-ring (bicyclic) bond motifs is 2. The predicted molar refractivity (Wildman–Crippen MR) is 103 cm³/mol. The van der Waals surface area contributed by atoms with Gasteiger partial charge < -0.3 is 30.7 Å². The van der Waals surface area contributed by atoms with E-state index in [-0.39, 0.29) is 34.9 Å². The maximum Gasteiger partial charge on any atom is 0.223 e. The number of aliphatic hydroxyl groups is 2. The van der Waals surface area contributed by atoms with E-state index in [1.165, 1.54) is 0 Å². The summed E-state index contributed by atoms with van der Waals surface area (Å²) in [6.45, 7) is 10.3. The van der Waals surface area contributed by atoms with Crippen LogP contribution in [0.5, 0.6) is 0 Å². The van der Waals surface area contributed by atoms with Gasteiger partial charge >= 0.3 is 0 Å². The summed E-state index contributed by atoms with van der Waals surface area (Å²) in [6, 6.07) is 0. The van der Waals surface area contributed by atoms with Gasteiger partial charge in [-0.2, -0.15) is 0 Å². The third kappa shape index (κ3) is 6.12. The number of hydrogen-bond donors (Lipinski definition) is 4. The molecular weight excluding hydrogens is 348 g/mol. The first-order chi connectivity index (χ1) is 12.6. The van der Waals surface area contributed by atoms with Crippen molar-refractivity contribution in [3.63, 3.8) is 0 Å². The van der Waals surface area contributed by atoms with E-state index in [1.807, 2.05) is 27.7 Å². The van der Waals surface area contributed by atoms with E-state index in [2.05, 4.69) is 5.32 Å². The lowest BCUT2D eigenvalue weighted by Gasteiger charge is -2.31. The summed E-state index contributed by atoms with van der Waals surface area (Å²) < 4.78 is 11.7. The summed E-state index contributed by atoms with van der Waals surface area (Å²) >= 11 is 0. The van der Waals surface area contributed by atoms with Gasteiger partial charge in [-0.05, 0) is 65.2 Å². The molecule has 0 spiro atoms. The van der Waals surface area contributed by atoms with Crippen molar-refractivity contribution >= 4 is 5.91 Å². The number of nitrogens with two attached hydrogens (primary N) is 1. The quantitative estimate of drug-likeness (QED) is 0.418. The summed E-state index contributed by atoms with van der Waals surface area (Å²) in [5.41, 5.74) is 4.86. The molecule has 5 unspecified atom stereocenters. The first kappa shape index (κ1) is 22.6. The lowest BCUT2D eigenvalue weighted by molar-refractivity contribution is -0.130. The SMILES string of the molecule is CC(C)(CCNC(=O)C1CC2CC1C(O)C2O)OCCC(C)(C)OCCN. The highest BCUT2D eigenvalue weighted by molar-refractivity contribution is 5.79.